The second-order valence-corrected chi connectivity index (χ2v) is 15.6. The summed E-state index contributed by atoms with van der Waals surface area (Å²) in [6.07, 6.45) is 0. The number of hydrogen-bond donors (Lipinski definition) is 0. The van der Waals surface area contributed by atoms with Gasteiger partial charge in [-0.25, -0.2) is 0 Å². The van der Waals surface area contributed by atoms with Crippen LogP contribution < -0.4 is 4.90 Å². The summed E-state index contributed by atoms with van der Waals surface area (Å²) in [5, 5.41) is 10.3. The lowest BCUT2D eigenvalue weighted by molar-refractivity contribution is 1.29. The van der Waals surface area contributed by atoms with Crippen molar-refractivity contribution >= 4 is 80.9 Å². The van der Waals surface area contributed by atoms with Gasteiger partial charge in [0.05, 0.1) is 0 Å². The molecule has 0 saturated heterocycles. The third kappa shape index (κ3) is 5.54. The number of rotatable bonds is 6. The van der Waals surface area contributed by atoms with Crippen molar-refractivity contribution < 1.29 is 0 Å². The third-order valence-electron chi connectivity index (χ3n) is 11.2. The molecule has 0 bridgehead atoms. The smallest absolute Gasteiger partial charge is 0.0476 e. The molecule has 262 valence electrons. The van der Waals surface area contributed by atoms with Crippen LogP contribution in [0.2, 0.25) is 0 Å². The Morgan fingerprint density at radius 3 is 1.71 bits per heavy atom. The molecular weight excluding hydrogens is 695 g/mol. The Hall–Kier alpha value is -7.00. The molecule has 0 radical (unpaired) electrons. The Labute approximate surface area is 330 Å². The van der Waals surface area contributed by atoms with Gasteiger partial charge in [0.15, 0.2) is 0 Å². The summed E-state index contributed by atoms with van der Waals surface area (Å²) in [7, 11) is 0. The highest BCUT2D eigenvalue weighted by Gasteiger charge is 2.17. The van der Waals surface area contributed by atoms with E-state index in [1.54, 1.807) is 0 Å². The number of thiophene rings is 1. The van der Waals surface area contributed by atoms with Gasteiger partial charge in [0, 0.05) is 37.2 Å². The molecule has 0 atom stereocenters. The fraction of sp³-hybridized carbons (Fsp3) is 0. The van der Waals surface area contributed by atoms with Crippen molar-refractivity contribution in [3.05, 3.63) is 212 Å². The van der Waals surface area contributed by atoms with Crippen molar-refractivity contribution in [2.45, 2.75) is 0 Å². The van der Waals surface area contributed by atoms with Crippen LogP contribution in [0.15, 0.2) is 212 Å². The van der Waals surface area contributed by atoms with E-state index in [1.807, 2.05) is 11.3 Å². The molecule has 1 nitrogen and oxygen atoms in total. The molecule has 0 aliphatic carbocycles. The molecule has 0 aliphatic rings. The molecule has 0 unspecified atom stereocenters. The van der Waals surface area contributed by atoms with E-state index in [1.165, 1.54) is 85.9 Å². The molecule has 2 heteroatoms. The summed E-state index contributed by atoms with van der Waals surface area (Å²) in [6.45, 7) is 0. The predicted molar refractivity (Wildman–Crippen MR) is 243 cm³/mol. The maximum Gasteiger partial charge on any atom is 0.0476 e. The van der Waals surface area contributed by atoms with Crippen LogP contribution >= 0.6 is 11.3 Å². The Morgan fingerprint density at radius 1 is 0.286 bits per heavy atom. The van der Waals surface area contributed by atoms with Gasteiger partial charge in [0.1, 0.15) is 0 Å². The second-order valence-electron chi connectivity index (χ2n) is 14.5. The summed E-state index contributed by atoms with van der Waals surface area (Å²) < 4.78 is 2.63. The second kappa shape index (κ2) is 13.4. The summed E-state index contributed by atoms with van der Waals surface area (Å²) in [6, 6.07) is 77.7. The first-order chi connectivity index (χ1) is 27.7. The van der Waals surface area contributed by atoms with Crippen LogP contribution in [0.5, 0.6) is 0 Å². The number of hydrogen-bond acceptors (Lipinski definition) is 2. The van der Waals surface area contributed by atoms with Gasteiger partial charge in [-0.2, -0.15) is 0 Å². The van der Waals surface area contributed by atoms with Gasteiger partial charge in [0.25, 0.3) is 0 Å². The van der Waals surface area contributed by atoms with Gasteiger partial charge in [-0.05, 0) is 114 Å². The first-order valence-electron chi connectivity index (χ1n) is 19.2. The monoisotopic (exact) mass is 729 g/mol. The Balaban J connectivity index is 1.05. The highest BCUT2D eigenvalue weighted by Crippen LogP contribution is 2.44. The molecule has 56 heavy (non-hydrogen) atoms. The first-order valence-corrected chi connectivity index (χ1v) is 20.0. The van der Waals surface area contributed by atoms with Crippen LogP contribution in [0.3, 0.4) is 0 Å². The van der Waals surface area contributed by atoms with Crippen LogP contribution in [0.25, 0.3) is 85.9 Å². The Kier molecular flexibility index (Phi) is 7.75. The zero-order valence-corrected chi connectivity index (χ0v) is 31.4. The number of fused-ring (bicyclic) bond motifs is 8. The minimum Gasteiger partial charge on any atom is -0.310 e. The average molecular weight is 730 g/mol. The lowest BCUT2D eigenvalue weighted by atomic mass is 9.92. The predicted octanol–water partition coefficient (Wildman–Crippen LogP) is 16.0. The van der Waals surface area contributed by atoms with Crippen molar-refractivity contribution in [3.8, 4) is 33.4 Å². The van der Waals surface area contributed by atoms with Crippen molar-refractivity contribution in [1.29, 1.82) is 0 Å². The van der Waals surface area contributed by atoms with Gasteiger partial charge in [0.2, 0.25) is 0 Å². The summed E-state index contributed by atoms with van der Waals surface area (Å²) >= 11 is 1.89. The molecule has 0 aliphatic heterocycles. The zero-order chi connectivity index (χ0) is 37.0. The molecule has 0 amide bonds. The van der Waals surface area contributed by atoms with Crippen molar-refractivity contribution in [3.63, 3.8) is 0 Å². The molecule has 0 spiro atoms. The highest BCUT2D eigenvalue weighted by atomic mass is 32.1. The normalized spacial score (nSPS) is 11.6. The fourth-order valence-corrected chi connectivity index (χ4v) is 9.77. The van der Waals surface area contributed by atoms with E-state index in [9.17, 15) is 0 Å². The van der Waals surface area contributed by atoms with E-state index < -0.39 is 0 Å². The Morgan fingerprint density at radius 2 is 0.875 bits per heavy atom. The molecule has 1 aromatic heterocycles. The van der Waals surface area contributed by atoms with E-state index >= 15 is 0 Å². The highest BCUT2D eigenvalue weighted by molar-refractivity contribution is 7.26. The minimum absolute atomic E-state index is 1.11. The van der Waals surface area contributed by atoms with Gasteiger partial charge in [-0.3, -0.25) is 0 Å². The number of anilines is 3. The Bertz CT molecular complexity index is 3250. The van der Waals surface area contributed by atoms with Gasteiger partial charge in [-0.1, -0.05) is 164 Å². The van der Waals surface area contributed by atoms with Crippen molar-refractivity contribution in [2.24, 2.45) is 0 Å². The molecule has 11 rings (SSSR count). The lowest BCUT2D eigenvalue weighted by Gasteiger charge is -2.26. The molecule has 0 saturated carbocycles. The van der Waals surface area contributed by atoms with Crippen LogP contribution in [-0.4, -0.2) is 0 Å². The van der Waals surface area contributed by atoms with Crippen LogP contribution in [0.1, 0.15) is 0 Å². The average Bonchev–Trinajstić information content (AvgIpc) is 3.65. The van der Waals surface area contributed by atoms with E-state index in [0.29, 0.717) is 0 Å². The van der Waals surface area contributed by atoms with Gasteiger partial charge in [-0.15, -0.1) is 11.3 Å². The quantitative estimate of drug-likeness (QED) is 0.154. The van der Waals surface area contributed by atoms with E-state index in [-0.39, 0.29) is 0 Å². The minimum atomic E-state index is 1.11. The van der Waals surface area contributed by atoms with Crippen molar-refractivity contribution in [1.82, 2.24) is 0 Å². The molecule has 0 N–H and O–H groups in total. The zero-order valence-electron chi connectivity index (χ0n) is 30.6. The van der Waals surface area contributed by atoms with Gasteiger partial charge < -0.3 is 4.90 Å². The summed E-state index contributed by atoms with van der Waals surface area (Å²) in [5.41, 5.74) is 10.6. The van der Waals surface area contributed by atoms with E-state index in [4.69, 9.17) is 0 Å². The number of benzene rings is 10. The first kappa shape index (κ1) is 32.4. The largest absolute Gasteiger partial charge is 0.310 e. The standard InChI is InChI=1S/C54H35NS/c1-2-12-36(13-3-1)37-24-27-43(28-25-37)55(45-29-31-50-51-30-26-38-14-4-7-21-47(38)54(51)56-53(50)35-45)44-19-11-17-40(33-44)39-16-10-18-41(32-39)52-34-42-15-5-6-20-46(42)48-22-8-9-23-49(48)52/h1-35H. The topological polar surface area (TPSA) is 3.24 Å². The number of nitrogens with zero attached hydrogens (tertiary/aromatic N) is 1. The molecule has 0 fully saturated rings. The van der Waals surface area contributed by atoms with Crippen molar-refractivity contribution in [2.75, 3.05) is 4.90 Å². The maximum absolute atomic E-state index is 2.40. The summed E-state index contributed by atoms with van der Waals surface area (Å²) in [5.74, 6) is 0. The van der Waals surface area contributed by atoms with E-state index in [2.05, 4.69) is 217 Å². The maximum atomic E-state index is 2.40. The van der Waals surface area contributed by atoms with Crippen LogP contribution in [0.4, 0.5) is 17.1 Å². The van der Waals surface area contributed by atoms with Crippen LogP contribution in [0, 0.1) is 0 Å². The van der Waals surface area contributed by atoms with Gasteiger partial charge >= 0.3 is 0 Å². The molecule has 1 heterocycles. The van der Waals surface area contributed by atoms with E-state index in [0.717, 1.165) is 17.1 Å². The third-order valence-corrected chi connectivity index (χ3v) is 12.4. The lowest BCUT2D eigenvalue weighted by Crippen LogP contribution is -2.09. The summed E-state index contributed by atoms with van der Waals surface area (Å²) in [4.78, 5) is 2.40. The molecule has 11 aromatic rings. The SMILES string of the molecule is c1ccc(-c2ccc(N(c3cccc(-c4cccc(-c5cc6ccccc6c6ccccc56)c4)c3)c3ccc4c(c3)sc3c5ccccc5ccc43)cc2)cc1. The fourth-order valence-electron chi connectivity index (χ4n) is 8.50. The molecular formula is C54H35NS. The molecule has 10 aromatic carbocycles. The van der Waals surface area contributed by atoms with Crippen LogP contribution in [-0.2, 0) is 0 Å².